The quantitative estimate of drug-likeness (QED) is 0.241. The van der Waals surface area contributed by atoms with Gasteiger partial charge in [-0.1, -0.05) is 0 Å². The number of hydrogen-bond donors (Lipinski definition) is 6. The number of phosphoric ester groups is 1. The molecule has 2 amide bonds. The Bertz CT molecular complexity index is 1670. The van der Waals surface area contributed by atoms with Crippen LogP contribution >= 0.6 is 15.9 Å². The lowest BCUT2D eigenvalue weighted by molar-refractivity contribution is -0.131. The number of rotatable bonds is 3. The summed E-state index contributed by atoms with van der Waals surface area (Å²) in [6.45, 7) is 10.4. The van der Waals surface area contributed by atoms with Crippen molar-refractivity contribution in [2.45, 2.75) is 89.6 Å². The molecule has 292 valence electrons. The van der Waals surface area contributed by atoms with Crippen LogP contribution in [-0.4, -0.2) is 92.9 Å². The highest BCUT2D eigenvalue weighted by atomic mass is 31.2. The van der Waals surface area contributed by atoms with Gasteiger partial charge in [-0.3, -0.25) is 14.1 Å². The number of amides is 2. The molecule has 3 atom stereocenters. The van der Waals surface area contributed by atoms with Crippen LogP contribution < -0.4 is 14.8 Å². The number of nitrogens with zero attached hydrogens (tertiary/aromatic N) is 3. The highest BCUT2D eigenvalue weighted by Crippen LogP contribution is 2.45. The number of aliphatic hydroxyl groups is 2. The van der Waals surface area contributed by atoms with Crippen LogP contribution in [0, 0.1) is 22.7 Å². The van der Waals surface area contributed by atoms with Crippen LogP contribution in [0.3, 0.4) is 0 Å². The number of nitrogens with one attached hydrogen (secondary N) is 1. The van der Waals surface area contributed by atoms with Gasteiger partial charge in [-0.2, -0.15) is 15.4 Å². The molecule has 16 nitrogen and oxygen atoms in total. The SMILES string of the molecule is CC1(C)C[C@H](N2CCCC2=O)c2cc(C#N)ccc2O1.CC1(C)Oc2ccc(C#N)cc2C[C@@H]1OP(=O)(O)O.CO.CO.C[P+](=O)O.O=C1CCCN1. The zero-order valence-electron chi connectivity index (χ0n) is 31.1. The van der Waals surface area contributed by atoms with E-state index in [1.54, 1.807) is 38.1 Å². The Balaban J connectivity index is 0.000000393. The third-order valence-electron chi connectivity index (χ3n) is 7.97. The molecule has 0 saturated carbocycles. The summed E-state index contributed by atoms with van der Waals surface area (Å²) in [5, 5.41) is 34.6. The fourth-order valence-corrected chi connectivity index (χ4v) is 6.42. The highest BCUT2D eigenvalue weighted by molar-refractivity contribution is 7.46. The average Bonchev–Trinajstić information content (AvgIpc) is 3.76. The Hall–Kier alpha value is -3.95. The largest absolute Gasteiger partial charge is 0.502 e. The molecule has 1 unspecified atom stereocenters. The number of likely N-dealkylation sites (tertiary alicyclic amines) is 1. The van der Waals surface area contributed by atoms with Crippen LogP contribution in [-0.2, 0) is 29.7 Å². The van der Waals surface area contributed by atoms with Gasteiger partial charge in [0, 0.05) is 58.6 Å². The average molecular weight is 782 g/mol. The topological polar surface area (TPSA) is 260 Å². The first-order valence-corrected chi connectivity index (χ1v) is 19.8. The van der Waals surface area contributed by atoms with Crippen molar-refractivity contribution in [3.8, 4) is 23.6 Å². The molecule has 2 saturated heterocycles. The standard InChI is InChI=1S/C16H18N2O2.C12H14NO5P.C4H7NO.CH3O2P.2CH4O/c1-16(2)9-13(18-7-3-4-15(18)19)12-8-11(10-17)5-6-14(12)20-16;1-12(2)11(18-19(14,15)16)6-9-5-8(7-13)3-4-10(9)17-12;6-4-2-1-3-5-4;1-4(2)3;2*1-2/h5-6,8,13H,3-4,7,9H2,1-2H3;3-5,11H,6H2,1-2H3,(H2,14,15,16);1-3H2,(H,5,6);1H3;2*2H,1H3/p+1/t13-;11-;;;;/m00..../s1. The molecule has 4 aliphatic rings. The summed E-state index contributed by atoms with van der Waals surface area (Å²) in [5.41, 5.74) is 1.60. The molecule has 0 bridgehead atoms. The number of aliphatic hydroxyl groups excluding tert-OH is 2. The smallest absolute Gasteiger partial charge is 0.487 e. The molecule has 4 heterocycles. The van der Waals surface area contributed by atoms with Crippen molar-refractivity contribution >= 4 is 27.7 Å². The fraction of sp³-hybridized carbons (Fsp3) is 0.543. The Morgan fingerprint density at radius 2 is 1.51 bits per heavy atom. The first-order chi connectivity index (χ1) is 24.8. The zero-order chi connectivity index (χ0) is 40.6. The third kappa shape index (κ3) is 15.5. The summed E-state index contributed by atoms with van der Waals surface area (Å²) in [4.78, 5) is 49.6. The maximum Gasteiger partial charge on any atom is 0.502 e. The molecule has 53 heavy (non-hydrogen) atoms. The number of benzene rings is 2. The first-order valence-electron chi connectivity index (χ1n) is 16.6. The summed E-state index contributed by atoms with van der Waals surface area (Å²) in [6, 6.07) is 14.6. The Kier molecular flexibility index (Phi) is 19.3. The summed E-state index contributed by atoms with van der Waals surface area (Å²) in [7, 11) is -4.46. The monoisotopic (exact) mass is 781 g/mol. The van der Waals surface area contributed by atoms with E-state index < -0.39 is 27.6 Å². The molecular formula is C35H51N4O12P2+. The molecule has 0 aliphatic carbocycles. The lowest BCUT2D eigenvalue weighted by Gasteiger charge is -2.41. The van der Waals surface area contributed by atoms with Crippen LogP contribution in [0.4, 0.5) is 0 Å². The molecule has 4 aliphatic heterocycles. The number of carbonyl (C=O) groups excluding carboxylic acids is 2. The van der Waals surface area contributed by atoms with E-state index in [1.165, 1.54) is 6.66 Å². The minimum atomic E-state index is -4.59. The summed E-state index contributed by atoms with van der Waals surface area (Å²) in [6.07, 6.45) is 3.58. The second-order valence-electron chi connectivity index (χ2n) is 13.0. The fourth-order valence-electron chi connectivity index (χ4n) is 5.76. The van der Waals surface area contributed by atoms with E-state index in [1.807, 2.05) is 36.9 Å². The Labute approximate surface area is 311 Å². The predicted molar refractivity (Wildman–Crippen MR) is 195 cm³/mol. The predicted octanol–water partition coefficient (Wildman–Crippen LogP) is 4.00. The van der Waals surface area contributed by atoms with Gasteiger partial charge < -0.3 is 39.7 Å². The van der Waals surface area contributed by atoms with E-state index in [2.05, 4.69) is 11.4 Å². The lowest BCUT2D eigenvalue weighted by atomic mass is 9.88. The zero-order valence-corrected chi connectivity index (χ0v) is 32.9. The molecule has 6 rings (SSSR count). The molecule has 2 aromatic carbocycles. The van der Waals surface area contributed by atoms with Crippen molar-refractivity contribution in [1.82, 2.24) is 10.2 Å². The molecule has 0 spiro atoms. The van der Waals surface area contributed by atoms with E-state index in [0.717, 1.165) is 64.3 Å². The molecule has 0 radical (unpaired) electrons. The summed E-state index contributed by atoms with van der Waals surface area (Å²) in [5.74, 6) is 1.82. The van der Waals surface area contributed by atoms with Gasteiger partial charge in [0.2, 0.25) is 11.8 Å². The van der Waals surface area contributed by atoms with Crippen molar-refractivity contribution < 1.29 is 57.6 Å². The molecule has 0 aromatic heterocycles. The number of phosphoric acid groups is 1. The Morgan fingerprint density at radius 1 is 0.943 bits per heavy atom. The molecular weight excluding hydrogens is 730 g/mol. The summed E-state index contributed by atoms with van der Waals surface area (Å²) >= 11 is 0. The number of fused-ring (bicyclic) bond motifs is 2. The molecule has 2 fully saturated rings. The van der Waals surface area contributed by atoms with Crippen LogP contribution in [0.2, 0.25) is 0 Å². The van der Waals surface area contributed by atoms with Crippen LogP contribution in [0.1, 0.15) is 88.1 Å². The van der Waals surface area contributed by atoms with Gasteiger partial charge in [0.25, 0.3) is 0 Å². The second-order valence-corrected chi connectivity index (χ2v) is 15.1. The van der Waals surface area contributed by atoms with Crippen molar-refractivity contribution in [3.05, 3.63) is 58.7 Å². The first kappa shape index (κ1) is 47.1. The van der Waals surface area contributed by atoms with Crippen molar-refractivity contribution in [2.75, 3.05) is 34.0 Å². The number of ether oxygens (including phenoxy) is 2. The number of nitriles is 2. The van der Waals surface area contributed by atoms with Gasteiger partial charge in [-0.15, -0.1) is 0 Å². The molecule has 6 N–H and O–H groups in total. The minimum Gasteiger partial charge on any atom is -0.487 e. The van der Waals surface area contributed by atoms with Gasteiger partial charge in [-0.05, 0) is 87.1 Å². The third-order valence-corrected chi connectivity index (χ3v) is 8.50. The van der Waals surface area contributed by atoms with Gasteiger partial charge in [0.15, 0.2) is 6.66 Å². The van der Waals surface area contributed by atoms with Crippen molar-refractivity contribution in [3.63, 3.8) is 0 Å². The normalized spacial score (nSPS) is 20.0. The van der Waals surface area contributed by atoms with E-state index >= 15 is 0 Å². The minimum absolute atomic E-state index is 0.0250. The van der Waals surface area contributed by atoms with Crippen molar-refractivity contribution in [2.24, 2.45) is 0 Å². The van der Waals surface area contributed by atoms with Crippen LogP contribution in [0.5, 0.6) is 11.5 Å². The van der Waals surface area contributed by atoms with Crippen LogP contribution in [0.25, 0.3) is 0 Å². The van der Waals surface area contributed by atoms with Gasteiger partial charge in [0.1, 0.15) is 28.8 Å². The highest BCUT2D eigenvalue weighted by Gasteiger charge is 2.42. The van der Waals surface area contributed by atoms with E-state index in [0.29, 0.717) is 28.9 Å². The van der Waals surface area contributed by atoms with Gasteiger partial charge >= 0.3 is 15.9 Å². The van der Waals surface area contributed by atoms with Crippen molar-refractivity contribution in [1.29, 1.82) is 10.5 Å². The maximum atomic E-state index is 12.1. The van der Waals surface area contributed by atoms with E-state index in [-0.39, 0.29) is 29.9 Å². The number of hydrogen-bond acceptors (Lipinski definition) is 11. The lowest BCUT2D eigenvalue weighted by Crippen LogP contribution is -2.47. The molecule has 18 heteroatoms. The Morgan fingerprint density at radius 3 is 1.96 bits per heavy atom. The van der Waals surface area contributed by atoms with Crippen LogP contribution in [0.15, 0.2) is 36.4 Å². The molecule has 2 aromatic rings. The van der Waals surface area contributed by atoms with E-state index in [9.17, 15) is 14.2 Å². The van der Waals surface area contributed by atoms with Gasteiger partial charge in [-0.25, -0.2) is 4.57 Å². The maximum absolute atomic E-state index is 12.1. The second kappa shape index (κ2) is 21.7. The summed E-state index contributed by atoms with van der Waals surface area (Å²) < 4.78 is 36.6. The number of carbonyl (C=O) groups is 2. The van der Waals surface area contributed by atoms with E-state index in [4.69, 9.17) is 54.0 Å². The van der Waals surface area contributed by atoms with Gasteiger partial charge in [0.05, 0.1) is 29.3 Å².